The molecular weight excluding hydrogens is 473 g/mol. The Hall–Kier alpha value is -3.04. The lowest BCUT2D eigenvalue weighted by molar-refractivity contribution is -0.126. The highest BCUT2D eigenvalue weighted by Crippen LogP contribution is 2.38. The molecule has 0 spiro atoms. The zero-order valence-corrected chi connectivity index (χ0v) is 20.4. The van der Waals surface area contributed by atoms with Gasteiger partial charge in [0.15, 0.2) is 5.78 Å². The summed E-state index contributed by atoms with van der Waals surface area (Å²) in [7, 11) is 2.86. The number of amides is 1. The number of carbonyl (C=O) groups excluding carboxylic acids is 2. The smallest absolute Gasteiger partial charge is 0.276 e. The number of nitrogens with zero attached hydrogens (tertiary/aromatic N) is 3. The van der Waals surface area contributed by atoms with Gasteiger partial charge >= 0.3 is 0 Å². The third kappa shape index (κ3) is 6.49. The molecule has 9 nitrogen and oxygen atoms in total. The summed E-state index contributed by atoms with van der Waals surface area (Å²) < 4.78 is 22.2. The van der Waals surface area contributed by atoms with Gasteiger partial charge in [-0.2, -0.15) is 10.2 Å². The van der Waals surface area contributed by atoms with Gasteiger partial charge in [0.05, 0.1) is 33.1 Å². The summed E-state index contributed by atoms with van der Waals surface area (Å²) >= 11 is 12.5. The van der Waals surface area contributed by atoms with Crippen LogP contribution in [0.15, 0.2) is 40.6 Å². The number of ketones is 1. The Kier molecular flexibility index (Phi) is 9.74. The maximum atomic E-state index is 13.1. The van der Waals surface area contributed by atoms with Gasteiger partial charge in [0.2, 0.25) is 6.04 Å². The molecule has 2 aromatic rings. The van der Waals surface area contributed by atoms with Gasteiger partial charge in [0.1, 0.15) is 33.7 Å². The molecule has 0 radical (unpaired) electrons. The number of anilines is 1. The van der Waals surface area contributed by atoms with Gasteiger partial charge in [-0.1, -0.05) is 11.6 Å². The van der Waals surface area contributed by atoms with E-state index in [0.29, 0.717) is 36.2 Å². The third-order valence-electron chi connectivity index (χ3n) is 4.28. The quantitative estimate of drug-likeness (QED) is 0.234. The van der Waals surface area contributed by atoms with Crippen molar-refractivity contribution in [1.29, 1.82) is 0 Å². The van der Waals surface area contributed by atoms with E-state index in [0.717, 1.165) is 4.42 Å². The van der Waals surface area contributed by atoms with Gasteiger partial charge in [0.25, 0.3) is 5.91 Å². The van der Waals surface area contributed by atoms with Crippen molar-refractivity contribution in [3.63, 3.8) is 0 Å². The van der Waals surface area contributed by atoms with Crippen LogP contribution in [0.4, 0.5) is 11.4 Å². The molecule has 0 saturated heterocycles. The molecule has 0 aliphatic heterocycles. The van der Waals surface area contributed by atoms with Crippen molar-refractivity contribution >= 4 is 46.4 Å². The summed E-state index contributed by atoms with van der Waals surface area (Å²) in [6.45, 7) is 5.60. The van der Waals surface area contributed by atoms with Crippen molar-refractivity contribution in [2.24, 2.45) is 10.2 Å². The molecule has 33 heavy (non-hydrogen) atoms. The van der Waals surface area contributed by atoms with Crippen molar-refractivity contribution in [1.82, 2.24) is 0 Å². The van der Waals surface area contributed by atoms with E-state index in [-0.39, 0.29) is 16.4 Å². The number of halogens is 2. The van der Waals surface area contributed by atoms with Gasteiger partial charge in [-0.15, -0.1) is 0 Å². The molecule has 178 valence electrons. The Bertz CT molecular complexity index is 1010. The van der Waals surface area contributed by atoms with E-state index in [9.17, 15) is 9.59 Å². The van der Waals surface area contributed by atoms with Crippen LogP contribution < -0.4 is 23.4 Å². The van der Waals surface area contributed by atoms with Crippen LogP contribution in [0.5, 0.6) is 23.0 Å². The van der Waals surface area contributed by atoms with Crippen LogP contribution in [0, 0.1) is 0 Å². The van der Waals surface area contributed by atoms with Crippen LogP contribution >= 0.6 is 23.4 Å². The minimum absolute atomic E-state index is 0.214. The molecule has 1 unspecified atom stereocenters. The zero-order chi connectivity index (χ0) is 24.5. The number of carbonyl (C=O) groups is 2. The summed E-state index contributed by atoms with van der Waals surface area (Å²) in [6.07, 6.45) is 0. The fraction of sp³-hybridized carbons (Fsp3) is 0.364. The molecular formula is C22H25Cl2N3O6. The zero-order valence-electron chi connectivity index (χ0n) is 18.9. The molecule has 2 rings (SSSR count). The first-order valence-corrected chi connectivity index (χ1v) is 10.7. The summed E-state index contributed by atoms with van der Waals surface area (Å²) in [5, 5.41) is 8.19. The molecule has 0 aromatic heterocycles. The Morgan fingerprint density at radius 2 is 1.61 bits per heavy atom. The minimum Gasteiger partial charge on any atom is -0.495 e. The van der Waals surface area contributed by atoms with Crippen molar-refractivity contribution in [3.05, 3.63) is 35.4 Å². The number of ether oxygens (including phenoxy) is 4. The van der Waals surface area contributed by atoms with E-state index < -0.39 is 17.7 Å². The number of hydrogen-bond acceptors (Lipinski definition) is 8. The first-order chi connectivity index (χ1) is 15.8. The summed E-state index contributed by atoms with van der Waals surface area (Å²) in [4.78, 5) is 25.3. The normalized spacial score (nSPS) is 11.7. The summed E-state index contributed by atoms with van der Waals surface area (Å²) in [6, 6.07) is 6.35. The highest BCUT2D eigenvalue weighted by atomic mass is 35.5. The van der Waals surface area contributed by atoms with E-state index in [2.05, 4.69) is 10.2 Å². The van der Waals surface area contributed by atoms with Gasteiger partial charge in [-0.25, -0.2) is 4.42 Å². The Morgan fingerprint density at radius 1 is 1.00 bits per heavy atom. The Morgan fingerprint density at radius 3 is 2.12 bits per heavy atom. The number of azo groups is 1. The molecule has 1 amide bonds. The topological polar surface area (TPSA) is 99.0 Å². The van der Waals surface area contributed by atoms with Crippen LogP contribution in [-0.4, -0.2) is 45.2 Å². The molecule has 0 aliphatic carbocycles. The molecule has 11 heteroatoms. The number of hydrogen-bond donors (Lipinski definition) is 0. The number of benzene rings is 2. The van der Waals surface area contributed by atoms with E-state index in [1.54, 1.807) is 25.1 Å². The van der Waals surface area contributed by atoms with Crippen LogP contribution in [0.3, 0.4) is 0 Å². The first kappa shape index (κ1) is 26.2. The molecule has 0 fully saturated rings. The van der Waals surface area contributed by atoms with Gasteiger partial charge in [-0.05, 0) is 32.9 Å². The predicted molar refractivity (Wildman–Crippen MR) is 126 cm³/mol. The molecule has 2 aromatic carbocycles. The highest BCUT2D eigenvalue weighted by Gasteiger charge is 2.30. The molecule has 0 saturated carbocycles. The molecule has 1 atom stereocenters. The average Bonchev–Trinajstić information content (AvgIpc) is 2.80. The monoisotopic (exact) mass is 497 g/mol. The average molecular weight is 498 g/mol. The SMILES string of the molecule is CCOc1ccc(OCC)c(N(Cl)C(=O)C(N=Nc2cc(OC)c(Cl)c(OC)c2)C(C)=O)c1. The van der Waals surface area contributed by atoms with Crippen LogP contribution in [0.1, 0.15) is 20.8 Å². The second-order valence-electron chi connectivity index (χ2n) is 6.51. The lowest BCUT2D eigenvalue weighted by Crippen LogP contribution is -2.36. The Balaban J connectivity index is 2.40. The second kappa shape index (κ2) is 12.3. The second-order valence-corrected chi connectivity index (χ2v) is 7.22. The molecule has 0 heterocycles. The van der Waals surface area contributed by atoms with Crippen molar-refractivity contribution in [2.75, 3.05) is 31.9 Å². The largest absolute Gasteiger partial charge is 0.495 e. The maximum Gasteiger partial charge on any atom is 0.276 e. The van der Waals surface area contributed by atoms with Gasteiger partial charge in [0, 0.05) is 30.0 Å². The lowest BCUT2D eigenvalue weighted by atomic mass is 10.2. The minimum atomic E-state index is -1.50. The molecule has 0 N–H and O–H groups in total. The van der Waals surface area contributed by atoms with Gasteiger partial charge in [-0.3, -0.25) is 9.59 Å². The summed E-state index contributed by atoms with van der Waals surface area (Å²) in [5.74, 6) is 0.0515. The molecule has 0 bridgehead atoms. The third-order valence-corrected chi connectivity index (χ3v) is 5.01. The standard InChI is InChI=1S/C22H25Cl2N3O6/c1-6-32-15-8-9-17(33-7-2)16(12-15)27(24)22(29)21(13(3)28)26-25-14-10-18(30-4)20(23)19(11-14)31-5/h8-12,21H,6-7H2,1-5H3. The maximum absolute atomic E-state index is 13.1. The first-order valence-electron chi connectivity index (χ1n) is 9.99. The van der Waals surface area contributed by atoms with E-state index in [1.807, 2.05) is 6.92 Å². The van der Waals surface area contributed by atoms with Crippen LogP contribution in [-0.2, 0) is 9.59 Å². The van der Waals surface area contributed by atoms with Gasteiger partial charge < -0.3 is 18.9 Å². The van der Waals surface area contributed by atoms with E-state index in [1.165, 1.54) is 33.3 Å². The van der Waals surface area contributed by atoms with Crippen LogP contribution in [0.25, 0.3) is 0 Å². The highest BCUT2D eigenvalue weighted by molar-refractivity contribution is 6.39. The van der Waals surface area contributed by atoms with Crippen molar-refractivity contribution in [3.8, 4) is 23.0 Å². The van der Waals surface area contributed by atoms with Crippen molar-refractivity contribution < 1.29 is 28.5 Å². The molecule has 0 aliphatic rings. The van der Waals surface area contributed by atoms with E-state index in [4.69, 9.17) is 42.3 Å². The fourth-order valence-electron chi connectivity index (χ4n) is 2.75. The van der Waals surface area contributed by atoms with Crippen molar-refractivity contribution in [2.45, 2.75) is 26.8 Å². The van der Waals surface area contributed by atoms with E-state index >= 15 is 0 Å². The fourth-order valence-corrected chi connectivity index (χ4v) is 3.24. The number of rotatable bonds is 11. The number of Topliss-reactive ketones (excluding diaryl/α,β-unsaturated/α-hetero) is 1. The predicted octanol–water partition coefficient (Wildman–Crippen LogP) is 5.38. The Labute approximate surface area is 202 Å². The number of methoxy groups -OCH3 is 2. The lowest BCUT2D eigenvalue weighted by Gasteiger charge is -2.20. The van der Waals surface area contributed by atoms with Crippen LogP contribution in [0.2, 0.25) is 5.02 Å². The summed E-state index contributed by atoms with van der Waals surface area (Å²) in [5.41, 5.74) is 0.479.